The smallest absolute Gasteiger partial charge is 0.341 e. The van der Waals surface area contributed by atoms with Gasteiger partial charge >= 0.3 is 5.97 Å². The molecule has 2 aliphatic rings. The van der Waals surface area contributed by atoms with Gasteiger partial charge in [-0.25, -0.2) is 17.9 Å². The van der Waals surface area contributed by atoms with Crippen molar-refractivity contribution >= 4 is 16.0 Å². The zero-order valence-electron chi connectivity index (χ0n) is 12.6. The Morgan fingerprint density at radius 2 is 2.00 bits per heavy atom. The maximum Gasteiger partial charge on any atom is 0.341 e. The second-order valence-electron chi connectivity index (χ2n) is 5.95. The molecule has 2 aliphatic heterocycles. The molecule has 2 atom stereocenters. The van der Waals surface area contributed by atoms with Crippen LogP contribution in [-0.4, -0.2) is 39.6 Å². The van der Waals surface area contributed by atoms with Crippen LogP contribution in [0.2, 0.25) is 0 Å². The Morgan fingerprint density at radius 3 is 2.59 bits per heavy atom. The quantitative estimate of drug-likeness (QED) is 0.798. The Balaban J connectivity index is 1.77. The normalized spacial score (nSPS) is 27.8. The van der Waals surface area contributed by atoms with Gasteiger partial charge in [-0.15, -0.1) is 0 Å². The summed E-state index contributed by atoms with van der Waals surface area (Å²) in [5, 5.41) is 3.22. The average Bonchev–Trinajstić information content (AvgIpc) is 3.01. The van der Waals surface area contributed by atoms with Gasteiger partial charge in [-0.05, 0) is 32.6 Å². The first kappa shape index (κ1) is 15.5. The van der Waals surface area contributed by atoms with E-state index in [1.54, 1.807) is 0 Å². The molecule has 2 unspecified atom stereocenters. The third kappa shape index (κ3) is 2.90. The number of carbonyl (C=O) groups is 1. The lowest BCUT2D eigenvalue weighted by molar-refractivity contribution is 0.0598. The van der Waals surface area contributed by atoms with Crippen LogP contribution in [-0.2, 0) is 14.8 Å². The van der Waals surface area contributed by atoms with Gasteiger partial charge in [-0.2, -0.15) is 0 Å². The van der Waals surface area contributed by atoms with Gasteiger partial charge in [-0.1, -0.05) is 0 Å². The summed E-state index contributed by atoms with van der Waals surface area (Å²) in [5.74, 6) is -0.375. The molecule has 0 aliphatic carbocycles. The summed E-state index contributed by atoms with van der Waals surface area (Å²) < 4.78 is 37.4. The zero-order chi connectivity index (χ0) is 15.9. The second-order valence-corrected chi connectivity index (χ2v) is 7.60. The number of piperidine rings is 1. The van der Waals surface area contributed by atoms with Crippen LogP contribution in [0.3, 0.4) is 0 Å². The van der Waals surface area contributed by atoms with Gasteiger partial charge in [0, 0.05) is 24.2 Å². The molecule has 3 heterocycles. The average molecular weight is 328 g/mol. The van der Waals surface area contributed by atoms with E-state index in [0.717, 1.165) is 25.7 Å². The SMILES string of the molecule is COC(=O)c1cc(S(=O)(=O)NC2CC3CCC(C2)N3)oc1C. The van der Waals surface area contributed by atoms with E-state index < -0.39 is 16.0 Å². The lowest BCUT2D eigenvalue weighted by Crippen LogP contribution is -2.47. The number of carbonyl (C=O) groups excluding carboxylic acids is 1. The van der Waals surface area contributed by atoms with Gasteiger partial charge in [0.2, 0.25) is 5.09 Å². The van der Waals surface area contributed by atoms with Gasteiger partial charge in [-0.3, -0.25) is 0 Å². The Kier molecular flexibility index (Phi) is 4.00. The summed E-state index contributed by atoms with van der Waals surface area (Å²) in [7, 11) is -2.53. The summed E-state index contributed by atoms with van der Waals surface area (Å²) in [4.78, 5) is 11.6. The lowest BCUT2D eigenvalue weighted by Gasteiger charge is -2.29. The number of fused-ring (bicyclic) bond motifs is 2. The van der Waals surface area contributed by atoms with Crippen molar-refractivity contribution in [3.05, 3.63) is 17.4 Å². The van der Waals surface area contributed by atoms with E-state index in [4.69, 9.17) is 4.42 Å². The molecule has 2 fully saturated rings. The summed E-state index contributed by atoms with van der Waals surface area (Å²) in [6, 6.07) is 1.89. The largest absolute Gasteiger partial charge is 0.465 e. The molecule has 7 nitrogen and oxygen atoms in total. The van der Waals surface area contributed by atoms with Crippen molar-refractivity contribution in [2.45, 2.75) is 55.8 Å². The summed E-state index contributed by atoms with van der Waals surface area (Å²) in [5.41, 5.74) is 0.133. The molecule has 8 heteroatoms. The predicted octanol–water partition coefficient (Wildman–Crippen LogP) is 0.936. The van der Waals surface area contributed by atoms with E-state index in [0.29, 0.717) is 12.1 Å². The van der Waals surface area contributed by atoms with E-state index in [-0.39, 0.29) is 22.5 Å². The molecular weight excluding hydrogens is 308 g/mol. The molecule has 22 heavy (non-hydrogen) atoms. The van der Waals surface area contributed by atoms with E-state index in [2.05, 4.69) is 14.8 Å². The summed E-state index contributed by atoms with van der Waals surface area (Å²) in [6.45, 7) is 1.54. The summed E-state index contributed by atoms with van der Waals surface area (Å²) >= 11 is 0. The fourth-order valence-electron chi connectivity index (χ4n) is 3.33. The number of methoxy groups -OCH3 is 1. The minimum absolute atomic E-state index is 0.101. The topological polar surface area (TPSA) is 97.6 Å². The van der Waals surface area contributed by atoms with Crippen LogP contribution < -0.4 is 10.0 Å². The number of ether oxygens (including phenoxy) is 1. The van der Waals surface area contributed by atoms with Crippen molar-refractivity contribution < 1.29 is 22.4 Å². The van der Waals surface area contributed by atoms with Gasteiger partial charge in [0.1, 0.15) is 11.3 Å². The van der Waals surface area contributed by atoms with Crippen molar-refractivity contribution in [3.8, 4) is 0 Å². The highest BCUT2D eigenvalue weighted by molar-refractivity contribution is 7.89. The molecule has 122 valence electrons. The van der Waals surface area contributed by atoms with Crippen molar-refractivity contribution in [1.82, 2.24) is 10.0 Å². The van der Waals surface area contributed by atoms with E-state index in [9.17, 15) is 13.2 Å². The van der Waals surface area contributed by atoms with E-state index in [1.807, 2.05) is 0 Å². The van der Waals surface area contributed by atoms with Crippen LogP contribution in [0, 0.1) is 6.92 Å². The van der Waals surface area contributed by atoms with Crippen LogP contribution in [0.25, 0.3) is 0 Å². The van der Waals surface area contributed by atoms with E-state index in [1.165, 1.54) is 20.1 Å². The van der Waals surface area contributed by atoms with Crippen molar-refractivity contribution in [2.24, 2.45) is 0 Å². The van der Waals surface area contributed by atoms with Crippen LogP contribution in [0.1, 0.15) is 41.8 Å². The van der Waals surface area contributed by atoms with Crippen molar-refractivity contribution in [2.75, 3.05) is 7.11 Å². The molecule has 0 radical (unpaired) electrons. The highest BCUT2D eigenvalue weighted by Crippen LogP contribution is 2.28. The third-order valence-electron chi connectivity index (χ3n) is 4.36. The number of hydrogen-bond acceptors (Lipinski definition) is 6. The molecule has 0 amide bonds. The number of aryl methyl sites for hydroxylation is 1. The van der Waals surface area contributed by atoms with Crippen molar-refractivity contribution in [1.29, 1.82) is 0 Å². The fraction of sp³-hybridized carbons (Fsp3) is 0.643. The molecule has 1 aromatic heterocycles. The van der Waals surface area contributed by atoms with Gasteiger partial charge < -0.3 is 14.5 Å². The zero-order valence-corrected chi connectivity index (χ0v) is 13.4. The molecular formula is C14H20N2O5S. The minimum atomic E-state index is -3.77. The van der Waals surface area contributed by atoms with Crippen LogP contribution in [0.4, 0.5) is 0 Å². The summed E-state index contributed by atoms with van der Waals surface area (Å²) in [6.07, 6.45) is 3.74. The molecule has 3 rings (SSSR count). The Labute approximate surface area is 129 Å². The number of sulfonamides is 1. The lowest BCUT2D eigenvalue weighted by atomic mass is 10.0. The number of rotatable bonds is 4. The molecule has 2 bridgehead atoms. The molecule has 0 aromatic carbocycles. The number of furan rings is 1. The predicted molar refractivity (Wildman–Crippen MR) is 78.1 cm³/mol. The third-order valence-corrected chi connectivity index (χ3v) is 5.73. The number of esters is 1. The van der Waals surface area contributed by atoms with Crippen molar-refractivity contribution in [3.63, 3.8) is 0 Å². The highest BCUT2D eigenvalue weighted by Gasteiger charge is 2.36. The van der Waals surface area contributed by atoms with Crippen LogP contribution >= 0.6 is 0 Å². The Hall–Kier alpha value is -1.38. The fourth-order valence-corrected chi connectivity index (χ4v) is 4.59. The van der Waals surface area contributed by atoms with Crippen LogP contribution in [0.5, 0.6) is 0 Å². The first-order chi connectivity index (χ1) is 10.4. The Bertz CT molecular complexity index is 669. The molecule has 2 N–H and O–H groups in total. The molecule has 1 aromatic rings. The first-order valence-electron chi connectivity index (χ1n) is 7.36. The van der Waals surface area contributed by atoms with Gasteiger partial charge in [0.25, 0.3) is 10.0 Å². The van der Waals surface area contributed by atoms with Crippen LogP contribution in [0.15, 0.2) is 15.6 Å². The maximum absolute atomic E-state index is 12.4. The van der Waals surface area contributed by atoms with Gasteiger partial charge in [0.05, 0.1) is 7.11 Å². The number of nitrogens with one attached hydrogen (secondary N) is 2. The molecule has 0 spiro atoms. The maximum atomic E-state index is 12.4. The number of hydrogen-bond donors (Lipinski definition) is 2. The minimum Gasteiger partial charge on any atom is -0.465 e. The second kappa shape index (κ2) is 5.68. The molecule has 2 saturated heterocycles. The standard InChI is InChI=1S/C14H20N2O5S/c1-8-12(14(17)20-2)7-13(21-8)22(18,19)16-11-5-9-3-4-10(6-11)15-9/h7,9-11,15-16H,3-6H2,1-2H3. The highest BCUT2D eigenvalue weighted by atomic mass is 32.2. The Morgan fingerprint density at radius 1 is 1.36 bits per heavy atom. The van der Waals surface area contributed by atoms with Gasteiger partial charge in [0.15, 0.2) is 0 Å². The first-order valence-corrected chi connectivity index (χ1v) is 8.84. The monoisotopic (exact) mass is 328 g/mol. The van der Waals surface area contributed by atoms with E-state index >= 15 is 0 Å². The molecule has 0 saturated carbocycles.